The highest BCUT2D eigenvalue weighted by Gasteiger charge is 2.30. The Kier molecular flexibility index (Phi) is 25.1. The van der Waals surface area contributed by atoms with Crippen LogP contribution >= 0.6 is 23.1 Å². The summed E-state index contributed by atoms with van der Waals surface area (Å²) in [6.45, 7) is 60.1. The Morgan fingerprint density at radius 2 is 0.929 bits per heavy atom. The first kappa shape index (κ1) is 63.8. The Bertz CT molecular complexity index is 2050. The zero-order chi connectivity index (χ0) is 54.3. The predicted octanol–water partition coefficient (Wildman–Crippen LogP) is 15.2. The van der Waals surface area contributed by atoms with Gasteiger partial charge in [0.25, 0.3) is 0 Å². The third-order valence-electron chi connectivity index (χ3n) is 10.6. The summed E-state index contributed by atoms with van der Waals surface area (Å²) in [5.74, 6) is 5.79. The van der Waals surface area contributed by atoms with Gasteiger partial charge < -0.3 is 4.57 Å². The number of nitrogens with zero attached hydrogens (tertiary/aromatic N) is 13. The maximum atomic E-state index is 4.80. The Morgan fingerprint density at radius 3 is 1.19 bits per heavy atom. The molecular weight excluding hydrogens is 913 g/mol. The molecule has 0 aliphatic heterocycles. The molecule has 0 aliphatic carbocycles. The number of nitrogens with one attached hydrogen (secondary N) is 1. The molecule has 0 radical (unpaired) electrons. The molecule has 396 valence electrons. The Hall–Kier alpha value is -4.25. The van der Waals surface area contributed by atoms with Crippen LogP contribution in [0.5, 0.6) is 0 Å². The van der Waals surface area contributed by atoms with Gasteiger partial charge in [0.05, 0.1) is 16.9 Å². The van der Waals surface area contributed by atoms with Crippen LogP contribution in [0.1, 0.15) is 297 Å². The fourth-order valence-electron chi connectivity index (χ4n) is 6.72. The molecule has 0 saturated heterocycles. The zero-order valence-corrected chi connectivity index (χ0v) is 50.5. The van der Waals surface area contributed by atoms with E-state index in [-0.39, 0.29) is 21.8 Å². The van der Waals surface area contributed by atoms with E-state index in [9.17, 15) is 0 Å². The van der Waals surface area contributed by atoms with Crippen molar-refractivity contribution >= 4 is 23.1 Å². The maximum absolute atomic E-state index is 4.80. The molecule has 0 amide bonds. The van der Waals surface area contributed by atoms with Crippen molar-refractivity contribution in [3.8, 4) is 0 Å². The van der Waals surface area contributed by atoms with Gasteiger partial charge in [-0.3, -0.25) is 0 Å². The maximum Gasteiger partial charge on any atom is 0.154 e. The third kappa shape index (κ3) is 20.1. The van der Waals surface area contributed by atoms with Crippen LogP contribution in [0.4, 0.5) is 0 Å². The third-order valence-corrected chi connectivity index (χ3v) is 12.8. The van der Waals surface area contributed by atoms with Gasteiger partial charge in [0.2, 0.25) is 0 Å². The highest BCUT2D eigenvalue weighted by Crippen LogP contribution is 2.32. The van der Waals surface area contributed by atoms with Gasteiger partial charge in [0.1, 0.15) is 23.5 Å². The van der Waals surface area contributed by atoms with Gasteiger partial charge in [-0.15, -0.1) is 15.3 Å². The lowest BCUT2D eigenvalue weighted by atomic mass is 9.82. The second kappa shape index (κ2) is 27.5. The number of rotatable bonds is 8. The summed E-state index contributed by atoms with van der Waals surface area (Å²) in [5, 5.41) is 38.5. The van der Waals surface area contributed by atoms with E-state index in [1.807, 2.05) is 17.1 Å². The van der Waals surface area contributed by atoms with Crippen molar-refractivity contribution in [2.45, 2.75) is 263 Å². The average molecular weight is 1010 g/mol. The summed E-state index contributed by atoms with van der Waals surface area (Å²) >= 11 is 3.27. The van der Waals surface area contributed by atoms with E-state index in [4.69, 9.17) is 4.63 Å². The number of H-pyrrole nitrogens is 1. The zero-order valence-electron chi connectivity index (χ0n) is 48.9. The van der Waals surface area contributed by atoms with Crippen LogP contribution < -0.4 is 0 Å². The van der Waals surface area contributed by atoms with Crippen LogP contribution in [0.15, 0.2) is 23.4 Å². The largest absolute Gasteiger partial charge is 0.315 e. The molecule has 0 atom stereocenters. The van der Waals surface area contributed by atoms with Crippen LogP contribution in [0, 0.1) is 0 Å². The van der Waals surface area contributed by atoms with Crippen molar-refractivity contribution in [2.75, 3.05) is 0 Å². The molecule has 6 rings (SSSR count). The first-order valence-electron chi connectivity index (χ1n) is 25.3. The quantitative estimate of drug-likeness (QED) is 0.153. The molecular formula is C53H96N14OS2. The molecule has 0 saturated carbocycles. The van der Waals surface area contributed by atoms with Gasteiger partial charge in [-0.25, -0.2) is 18.1 Å². The Morgan fingerprint density at radius 1 is 0.514 bits per heavy atom. The van der Waals surface area contributed by atoms with Crippen LogP contribution in [0.2, 0.25) is 0 Å². The summed E-state index contributed by atoms with van der Waals surface area (Å²) in [4.78, 5) is 2.89. The van der Waals surface area contributed by atoms with Gasteiger partial charge in [-0.05, 0) is 115 Å². The van der Waals surface area contributed by atoms with E-state index in [1.165, 1.54) is 20.9 Å². The summed E-state index contributed by atoms with van der Waals surface area (Å²) < 4.78 is 17.2. The Balaban J connectivity index is 0.000000420. The van der Waals surface area contributed by atoms with E-state index in [0.717, 1.165) is 34.4 Å². The van der Waals surface area contributed by atoms with E-state index in [1.54, 1.807) is 29.4 Å². The van der Waals surface area contributed by atoms with Crippen molar-refractivity contribution in [1.29, 1.82) is 0 Å². The van der Waals surface area contributed by atoms with Crippen LogP contribution in [-0.4, -0.2) is 69.4 Å². The van der Waals surface area contributed by atoms with Crippen molar-refractivity contribution in [1.82, 2.24) is 69.4 Å². The SMILES string of the molecule is CC(C)(C)c1nonc1C(C)(C)C.CC(C)c1cnsc1C(C)C.CC(C)c1cnsc1C(C)C.CC(C)c1n[nH]nc1C(C)C.CC(C)c1nnnn1C(C)(C)C.CC(C)n1cnnc1C(C)(C)C. The average Bonchev–Trinajstić information content (AvgIpc) is 4.06. The summed E-state index contributed by atoms with van der Waals surface area (Å²) in [6.07, 6.45) is 5.81. The van der Waals surface area contributed by atoms with Crippen molar-refractivity contribution in [2.24, 2.45) is 0 Å². The molecule has 1 N–H and O–H groups in total. The molecule has 70 heavy (non-hydrogen) atoms. The fourth-order valence-corrected chi connectivity index (χ4v) is 8.49. The van der Waals surface area contributed by atoms with Crippen LogP contribution in [-0.2, 0) is 21.8 Å². The van der Waals surface area contributed by atoms with Gasteiger partial charge in [0.15, 0.2) is 5.82 Å². The van der Waals surface area contributed by atoms with Gasteiger partial charge in [0, 0.05) is 50.4 Å². The molecule has 0 bridgehead atoms. The summed E-state index contributed by atoms with van der Waals surface area (Å²) in [5.41, 5.74) is 7.02. The molecule has 0 aliphatic rings. The fraction of sp³-hybridized carbons (Fsp3) is 0.755. The van der Waals surface area contributed by atoms with Crippen molar-refractivity contribution in [3.63, 3.8) is 0 Å². The molecule has 0 spiro atoms. The lowest BCUT2D eigenvalue weighted by Gasteiger charge is -2.21. The molecule has 6 aromatic heterocycles. The lowest BCUT2D eigenvalue weighted by Crippen LogP contribution is -2.26. The number of aromatic nitrogens is 14. The molecule has 15 nitrogen and oxygen atoms in total. The van der Waals surface area contributed by atoms with Crippen molar-refractivity contribution in [3.05, 3.63) is 74.0 Å². The van der Waals surface area contributed by atoms with Gasteiger partial charge in [-0.2, -0.15) is 15.4 Å². The molecule has 17 heteroatoms. The smallest absolute Gasteiger partial charge is 0.154 e. The number of hydrogen-bond donors (Lipinski definition) is 1. The highest BCUT2D eigenvalue weighted by molar-refractivity contribution is 7.06. The minimum absolute atomic E-state index is 0.00259. The molecule has 6 heterocycles. The highest BCUT2D eigenvalue weighted by atomic mass is 32.1. The normalized spacial score (nSPS) is 12.2. The first-order valence-corrected chi connectivity index (χ1v) is 26.8. The molecule has 0 aromatic carbocycles. The molecule has 6 aromatic rings. The van der Waals surface area contributed by atoms with Crippen LogP contribution in [0.25, 0.3) is 0 Å². The summed E-state index contributed by atoms with van der Waals surface area (Å²) in [7, 11) is 0. The lowest BCUT2D eigenvalue weighted by molar-refractivity contribution is 0.290. The van der Waals surface area contributed by atoms with E-state index in [0.29, 0.717) is 47.5 Å². The second-order valence-electron chi connectivity index (χ2n) is 24.5. The first-order chi connectivity index (χ1) is 32.0. The number of hydrogen-bond acceptors (Lipinski definition) is 14. The summed E-state index contributed by atoms with van der Waals surface area (Å²) in [6, 6.07) is 0.439. The van der Waals surface area contributed by atoms with E-state index < -0.39 is 0 Å². The monoisotopic (exact) mass is 1010 g/mol. The van der Waals surface area contributed by atoms with E-state index in [2.05, 4.69) is 259 Å². The van der Waals surface area contributed by atoms with Crippen molar-refractivity contribution < 1.29 is 4.63 Å². The minimum Gasteiger partial charge on any atom is -0.315 e. The van der Waals surface area contributed by atoms with Crippen LogP contribution in [0.3, 0.4) is 0 Å². The topological polar surface area (TPSA) is 181 Å². The van der Waals surface area contributed by atoms with E-state index >= 15 is 0 Å². The Labute approximate surface area is 432 Å². The second-order valence-corrected chi connectivity index (χ2v) is 26.1. The standard InChI is InChI=1S/C10H18N2O.C9H17N3.2C9H15NS.C8H16N4.C8H15N3/c1-9(2,3)7-8(10(4,5)6)12-13-11-7;1-7(2)12-6-10-11-8(12)9(3,4)5;2*1-6(2)8-5-10-11-9(8)7(3)4;1-6(2)7-9-10-11-12(7)8(3,4)5;1-5(2)7-8(6(3)4)10-11-9-7/h1-6H3;6-7H,1-5H3;2*5-7H,1-4H3;6H,1-5H3;5-6H,1-4H3,(H,9,10,11). The number of tetrazole rings is 1. The molecule has 0 unspecified atom stereocenters. The molecule has 0 fully saturated rings. The van der Waals surface area contributed by atoms with Gasteiger partial charge in [-0.1, -0.05) is 170 Å². The predicted molar refractivity (Wildman–Crippen MR) is 293 cm³/mol. The minimum atomic E-state index is -0.0247. The van der Waals surface area contributed by atoms with Gasteiger partial charge >= 0.3 is 0 Å². The number of aromatic amines is 1.